The van der Waals surface area contributed by atoms with E-state index in [9.17, 15) is 8.42 Å². The number of nitrogens with one attached hydrogen (secondary N) is 1. The Balaban J connectivity index is 2.02. The first-order valence-electron chi connectivity index (χ1n) is 7.18. The summed E-state index contributed by atoms with van der Waals surface area (Å²) in [6, 6.07) is 7.90. The van der Waals surface area contributed by atoms with Gasteiger partial charge in [-0.1, -0.05) is 18.2 Å². The number of fused-ring (bicyclic) bond motifs is 1. The molecule has 1 aromatic carbocycles. The van der Waals surface area contributed by atoms with Gasteiger partial charge in [-0.3, -0.25) is 4.31 Å². The number of para-hydroxylation sites is 1. The van der Waals surface area contributed by atoms with Crippen LogP contribution < -0.4 is 9.62 Å². The molecule has 5 nitrogen and oxygen atoms in total. The van der Waals surface area contributed by atoms with E-state index in [-0.39, 0.29) is 6.04 Å². The topological polar surface area (TPSA) is 52.7 Å². The molecule has 2 heterocycles. The number of nitrogens with zero attached hydrogens (tertiary/aromatic N) is 2. The molecule has 2 aliphatic rings. The molecule has 1 aromatic rings. The number of anilines is 1. The van der Waals surface area contributed by atoms with E-state index in [0.29, 0.717) is 26.2 Å². The predicted molar refractivity (Wildman–Crippen MR) is 79.8 cm³/mol. The minimum Gasteiger partial charge on any atom is -0.308 e. The standard InChI is InChI=1S/C14H21N3O2S/c1-12-11-17(20(18,19)16-8-4-5-9-16)14-7-3-2-6-13(14)10-15-12/h2-3,6-7,12,15H,4-5,8-11H2,1H3. The van der Waals surface area contributed by atoms with Crippen molar-refractivity contribution in [1.82, 2.24) is 9.62 Å². The molecule has 0 amide bonds. The molecular formula is C14H21N3O2S. The molecule has 0 saturated carbocycles. The number of hydrogen-bond donors (Lipinski definition) is 1. The maximum absolute atomic E-state index is 12.9. The average Bonchev–Trinajstić information content (AvgIpc) is 2.92. The summed E-state index contributed by atoms with van der Waals surface area (Å²) in [6.45, 7) is 4.50. The Bertz CT molecular complexity index is 582. The van der Waals surface area contributed by atoms with Crippen LogP contribution >= 0.6 is 0 Å². The van der Waals surface area contributed by atoms with Gasteiger partial charge in [0.2, 0.25) is 0 Å². The van der Waals surface area contributed by atoms with Gasteiger partial charge in [0.15, 0.2) is 0 Å². The molecule has 0 spiro atoms. The van der Waals surface area contributed by atoms with Gasteiger partial charge < -0.3 is 5.32 Å². The highest BCUT2D eigenvalue weighted by molar-refractivity contribution is 7.90. The molecule has 1 fully saturated rings. The molecule has 1 N–H and O–H groups in total. The van der Waals surface area contributed by atoms with Crippen LogP contribution in [0.2, 0.25) is 0 Å². The van der Waals surface area contributed by atoms with Crippen LogP contribution in [0.25, 0.3) is 0 Å². The summed E-state index contributed by atoms with van der Waals surface area (Å²) in [7, 11) is -3.40. The highest BCUT2D eigenvalue weighted by Crippen LogP contribution is 2.28. The molecular weight excluding hydrogens is 274 g/mol. The molecule has 1 saturated heterocycles. The van der Waals surface area contributed by atoms with Gasteiger partial charge in [0.25, 0.3) is 0 Å². The van der Waals surface area contributed by atoms with Gasteiger partial charge in [-0.25, -0.2) is 0 Å². The van der Waals surface area contributed by atoms with Crippen molar-refractivity contribution in [2.75, 3.05) is 23.9 Å². The average molecular weight is 295 g/mol. The summed E-state index contributed by atoms with van der Waals surface area (Å²) >= 11 is 0. The number of rotatable bonds is 2. The van der Waals surface area contributed by atoms with Crippen molar-refractivity contribution in [1.29, 1.82) is 0 Å². The van der Waals surface area contributed by atoms with E-state index in [1.165, 1.54) is 0 Å². The van der Waals surface area contributed by atoms with Crippen LogP contribution in [0.15, 0.2) is 24.3 Å². The van der Waals surface area contributed by atoms with Crippen molar-refractivity contribution in [3.8, 4) is 0 Å². The van der Waals surface area contributed by atoms with Crippen LogP contribution in [0.5, 0.6) is 0 Å². The maximum Gasteiger partial charge on any atom is 0.304 e. The number of hydrogen-bond acceptors (Lipinski definition) is 3. The van der Waals surface area contributed by atoms with E-state index in [1.54, 1.807) is 8.61 Å². The minimum atomic E-state index is -3.40. The second kappa shape index (κ2) is 5.35. The third-order valence-corrected chi connectivity index (χ3v) is 5.93. The summed E-state index contributed by atoms with van der Waals surface area (Å²) in [5.41, 5.74) is 1.86. The normalized spacial score (nSPS) is 24.4. The molecule has 1 unspecified atom stereocenters. The van der Waals surface area contributed by atoms with E-state index in [0.717, 1.165) is 24.1 Å². The lowest BCUT2D eigenvalue weighted by atomic mass is 10.2. The lowest BCUT2D eigenvalue weighted by Crippen LogP contribution is -2.46. The Kier molecular flexibility index (Phi) is 3.70. The quantitative estimate of drug-likeness (QED) is 0.895. The Morgan fingerprint density at radius 3 is 2.65 bits per heavy atom. The molecule has 6 heteroatoms. The molecule has 1 atom stereocenters. The van der Waals surface area contributed by atoms with Gasteiger partial charge in [-0.2, -0.15) is 12.7 Å². The summed E-state index contributed by atoms with van der Waals surface area (Å²) in [6.07, 6.45) is 1.92. The summed E-state index contributed by atoms with van der Waals surface area (Å²) in [5, 5.41) is 3.37. The molecule has 0 aliphatic carbocycles. The van der Waals surface area contributed by atoms with Crippen molar-refractivity contribution in [2.24, 2.45) is 0 Å². The van der Waals surface area contributed by atoms with E-state index >= 15 is 0 Å². The zero-order valence-electron chi connectivity index (χ0n) is 11.7. The molecule has 20 heavy (non-hydrogen) atoms. The van der Waals surface area contributed by atoms with E-state index in [1.807, 2.05) is 31.2 Å². The van der Waals surface area contributed by atoms with Gasteiger partial charge in [-0.05, 0) is 31.4 Å². The first-order valence-corrected chi connectivity index (χ1v) is 8.58. The summed E-state index contributed by atoms with van der Waals surface area (Å²) in [4.78, 5) is 0. The molecule has 2 aliphatic heterocycles. The van der Waals surface area contributed by atoms with Crippen LogP contribution in [0, 0.1) is 0 Å². The SMILES string of the molecule is CC1CN(S(=O)(=O)N2CCCC2)c2ccccc2CN1. The van der Waals surface area contributed by atoms with Gasteiger partial charge in [0.1, 0.15) is 0 Å². The van der Waals surface area contributed by atoms with Crippen LogP contribution in [-0.4, -0.2) is 38.4 Å². The fourth-order valence-corrected chi connectivity index (χ4v) is 4.71. The summed E-state index contributed by atoms with van der Waals surface area (Å²) in [5.74, 6) is 0. The van der Waals surface area contributed by atoms with E-state index in [4.69, 9.17) is 0 Å². The smallest absolute Gasteiger partial charge is 0.304 e. The Morgan fingerprint density at radius 2 is 1.90 bits per heavy atom. The third kappa shape index (κ3) is 2.43. The highest BCUT2D eigenvalue weighted by Gasteiger charge is 2.34. The van der Waals surface area contributed by atoms with Crippen molar-refractivity contribution >= 4 is 15.9 Å². The Morgan fingerprint density at radius 1 is 1.20 bits per heavy atom. The largest absolute Gasteiger partial charge is 0.308 e. The second-order valence-corrected chi connectivity index (χ2v) is 7.41. The van der Waals surface area contributed by atoms with E-state index in [2.05, 4.69) is 5.32 Å². The minimum absolute atomic E-state index is 0.139. The van der Waals surface area contributed by atoms with Gasteiger partial charge in [0, 0.05) is 25.7 Å². The highest BCUT2D eigenvalue weighted by atomic mass is 32.2. The molecule has 3 rings (SSSR count). The maximum atomic E-state index is 12.9. The van der Waals surface area contributed by atoms with Crippen molar-refractivity contribution in [3.63, 3.8) is 0 Å². The van der Waals surface area contributed by atoms with Gasteiger partial charge in [0.05, 0.1) is 12.2 Å². The lowest BCUT2D eigenvalue weighted by Gasteiger charge is -2.30. The number of benzene rings is 1. The monoisotopic (exact) mass is 295 g/mol. The van der Waals surface area contributed by atoms with Crippen molar-refractivity contribution in [3.05, 3.63) is 29.8 Å². The first-order chi connectivity index (χ1) is 9.59. The zero-order chi connectivity index (χ0) is 14.2. The van der Waals surface area contributed by atoms with Crippen molar-refractivity contribution in [2.45, 2.75) is 32.4 Å². The molecule has 0 aromatic heterocycles. The molecule has 110 valence electrons. The van der Waals surface area contributed by atoms with Gasteiger partial charge >= 0.3 is 10.2 Å². The van der Waals surface area contributed by atoms with Crippen LogP contribution in [0.3, 0.4) is 0 Å². The fraction of sp³-hybridized carbons (Fsp3) is 0.571. The van der Waals surface area contributed by atoms with Crippen LogP contribution in [0.1, 0.15) is 25.3 Å². The van der Waals surface area contributed by atoms with Crippen LogP contribution in [-0.2, 0) is 16.8 Å². The third-order valence-electron chi connectivity index (χ3n) is 4.01. The summed E-state index contributed by atoms with van der Waals surface area (Å²) < 4.78 is 28.9. The molecule has 0 radical (unpaired) electrons. The molecule has 0 bridgehead atoms. The zero-order valence-corrected chi connectivity index (χ0v) is 12.6. The van der Waals surface area contributed by atoms with Crippen molar-refractivity contribution < 1.29 is 8.42 Å². The van der Waals surface area contributed by atoms with Gasteiger partial charge in [-0.15, -0.1) is 0 Å². The van der Waals surface area contributed by atoms with E-state index < -0.39 is 10.2 Å². The van der Waals surface area contributed by atoms with Crippen LogP contribution in [0.4, 0.5) is 5.69 Å². The second-order valence-electron chi connectivity index (χ2n) is 5.56. The predicted octanol–water partition coefficient (Wildman–Crippen LogP) is 1.33. The Labute approximate surface area is 120 Å². The first kappa shape index (κ1) is 13.9. The lowest BCUT2D eigenvalue weighted by molar-refractivity contribution is 0.469. The Hall–Kier alpha value is -1.11. The fourth-order valence-electron chi connectivity index (χ4n) is 2.88.